The van der Waals surface area contributed by atoms with Gasteiger partial charge in [-0.15, -0.1) is 0 Å². The van der Waals surface area contributed by atoms with Crippen LogP contribution in [0, 0.1) is 5.92 Å². The summed E-state index contributed by atoms with van der Waals surface area (Å²) in [6, 6.07) is 10.6. The van der Waals surface area contributed by atoms with Gasteiger partial charge in [-0.2, -0.15) is 0 Å². The van der Waals surface area contributed by atoms with Gasteiger partial charge in [-0.3, -0.25) is 14.6 Å². The summed E-state index contributed by atoms with van der Waals surface area (Å²) < 4.78 is 0. The van der Waals surface area contributed by atoms with Crippen LogP contribution < -0.4 is 21.3 Å². The maximum absolute atomic E-state index is 12.9. The van der Waals surface area contributed by atoms with E-state index in [0.717, 1.165) is 51.2 Å². The van der Waals surface area contributed by atoms with Gasteiger partial charge in [-0.05, 0) is 55.5 Å². The summed E-state index contributed by atoms with van der Waals surface area (Å²) >= 11 is 12.2. The van der Waals surface area contributed by atoms with Crippen molar-refractivity contribution in [3.63, 3.8) is 0 Å². The van der Waals surface area contributed by atoms with Crippen molar-refractivity contribution in [2.45, 2.75) is 50.6 Å². The molecule has 1 fully saturated rings. The minimum Gasteiger partial charge on any atom is -0.480 e. The summed E-state index contributed by atoms with van der Waals surface area (Å²) in [6.45, 7) is 1.73. The first kappa shape index (κ1) is 27.7. The Bertz CT molecular complexity index is 1180. The number of amides is 2. The lowest BCUT2D eigenvalue weighted by molar-refractivity contribution is -0.139. The second kappa shape index (κ2) is 13.0. The zero-order chi connectivity index (χ0) is 27.1. The first-order chi connectivity index (χ1) is 18.3. The smallest absolute Gasteiger partial charge is 0.326 e. The van der Waals surface area contributed by atoms with Crippen molar-refractivity contribution >= 4 is 52.6 Å². The largest absolute Gasteiger partial charge is 0.480 e. The fraction of sp³-hybridized carbons (Fsp3) is 0.407. The van der Waals surface area contributed by atoms with Crippen molar-refractivity contribution in [1.29, 1.82) is 0 Å². The van der Waals surface area contributed by atoms with E-state index in [2.05, 4.69) is 26.3 Å². The number of hydrogen-bond donors (Lipinski definition) is 5. The third kappa shape index (κ3) is 7.39. The van der Waals surface area contributed by atoms with Crippen molar-refractivity contribution < 1.29 is 19.5 Å². The van der Waals surface area contributed by atoms with E-state index in [4.69, 9.17) is 23.2 Å². The summed E-state index contributed by atoms with van der Waals surface area (Å²) in [7, 11) is 0. The molecule has 3 atom stereocenters. The average Bonchev–Trinajstić information content (AvgIpc) is 2.90. The minimum atomic E-state index is -1.19. The third-order valence-electron chi connectivity index (χ3n) is 6.74. The van der Waals surface area contributed by atoms with Crippen LogP contribution in [0.4, 0.5) is 5.69 Å². The molecule has 11 heteroatoms. The zero-order valence-electron chi connectivity index (χ0n) is 20.8. The highest BCUT2D eigenvalue weighted by atomic mass is 35.5. The molecule has 9 nitrogen and oxygen atoms in total. The number of carboxylic acid groups (broad SMARTS) is 1. The van der Waals surface area contributed by atoms with Crippen LogP contribution in [-0.2, 0) is 16.0 Å². The van der Waals surface area contributed by atoms with E-state index >= 15 is 0 Å². The van der Waals surface area contributed by atoms with E-state index < -0.39 is 17.9 Å². The maximum atomic E-state index is 12.9. The molecule has 1 aliphatic carbocycles. The summed E-state index contributed by atoms with van der Waals surface area (Å²) in [4.78, 5) is 41.9. The number of aliphatic imine (C=N–C) groups is 1. The molecule has 2 aliphatic rings. The summed E-state index contributed by atoms with van der Waals surface area (Å²) in [6.07, 6.45) is 4.61. The van der Waals surface area contributed by atoms with E-state index in [1.54, 1.807) is 30.3 Å². The van der Waals surface area contributed by atoms with E-state index in [9.17, 15) is 19.5 Å². The Hall–Kier alpha value is -3.30. The summed E-state index contributed by atoms with van der Waals surface area (Å²) in [5.74, 6) is -1.16. The second-order valence-electron chi connectivity index (χ2n) is 9.57. The van der Waals surface area contributed by atoms with Crippen molar-refractivity contribution in [2.24, 2.45) is 10.9 Å². The van der Waals surface area contributed by atoms with Gasteiger partial charge in [0.15, 0.2) is 5.96 Å². The second-order valence-corrected chi connectivity index (χ2v) is 10.4. The Balaban J connectivity index is 1.32. The third-order valence-corrected chi connectivity index (χ3v) is 7.37. The zero-order valence-corrected chi connectivity index (χ0v) is 22.3. The number of rotatable bonds is 8. The fourth-order valence-corrected chi connectivity index (χ4v) is 5.30. The van der Waals surface area contributed by atoms with Gasteiger partial charge in [0.2, 0.25) is 5.91 Å². The van der Waals surface area contributed by atoms with Crippen LogP contribution in [0.5, 0.6) is 0 Å². The molecule has 0 radical (unpaired) electrons. The van der Waals surface area contributed by atoms with E-state index in [1.165, 1.54) is 12.1 Å². The van der Waals surface area contributed by atoms with Gasteiger partial charge in [-0.25, -0.2) is 4.79 Å². The van der Waals surface area contributed by atoms with Gasteiger partial charge >= 0.3 is 5.97 Å². The van der Waals surface area contributed by atoms with Crippen molar-refractivity contribution in [3.8, 4) is 0 Å². The van der Waals surface area contributed by atoms with Crippen molar-refractivity contribution in [2.75, 3.05) is 18.4 Å². The maximum Gasteiger partial charge on any atom is 0.326 e. The van der Waals surface area contributed by atoms with E-state index in [0.29, 0.717) is 11.3 Å². The molecule has 1 heterocycles. The van der Waals surface area contributed by atoms with Crippen LogP contribution in [0.25, 0.3) is 0 Å². The quantitative estimate of drug-likeness (QED) is 0.333. The highest BCUT2D eigenvalue weighted by molar-refractivity contribution is 6.39. The molecule has 1 aliphatic heterocycles. The number of carbonyl (C=O) groups is 3. The number of nitrogens with one attached hydrogen (secondary N) is 4. The molecule has 2 aromatic carbocycles. The monoisotopic (exact) mass is 559 g/mol. The number of anilines is 1. The van der Waals surface area contributed by atoms with Gasteiger partial charge in [0.25, 0.3) is 5.91 Å². The van der Waals surface area contributed by atoms with Crippen LogP contribution in [0.15, 0.2) is 47.5 Å². The highest BCUT2D eigenvalue weighted by Gasteiger charge is 2.28. The van der Waals surface area contributed by atoms with Crippen LogP contribution in [0.2, 0.25) is 10.0 Å². The lowest BCUT2D eigenvalue weighted by atomic mass is 9.85. The predicted molar refractivity (Wildman–Crippen MR) is 148 cm³/mol. The van der Waals surface area contributed by atoms with E-state index in [-0.39, 0.29) is 39.9 Å². The Labute approximate surface area is 231 Å². The number of aliphatic carboxylic acids is 1. The minimum absolute atomic E-state index is 0.0308. The van der Waals surface area contributed by atoms with E-state index in [1.807, 2.05) is 0 Å². The van der Waals surface area contributed by atoms with Gasteiger partial charge in [0.1, 0.15) is 6.04 Å². The normalized spacial score (nSPS) is 19.9. The van der Waals surface area contributed by atoms with Gasteiger partial charge in [0.05, 0.1) is 15.6 Å². The van der Waals surface area contributed by atoms with Crippen LogP contribution in [0.1, 0.15) is 48.0 Å². The lowest BCUT2D eigenvalue weighted by Gasteiger charge is -2.30. The lowest BCUT2D eigenvalue weighted by Crippen LogP contribution is -2.48. The molecule has 0 saturated heterocycles. The molecule has 2 aromatic rings. The molecule has 4 rings (SSSR count). The Morgan fingerprint density at radius 2 is 1.79 bits per heavy atom. The number of halogens is 2. The molecular formula is C27H31Cl2N5O4. The molecule has 0 bridgehead atoms. The topological polar surface area (TPSA) is 132 Å². The Kier molecular flexibility index (Phi) is 9.47. The first-order valence-corrected chi connectivity index (χ1v) is 13.5. The number of hydrogen-bond acceptors (Lipinski definition) is 6. The Morgan fingerprint density at radius 1 is 1.05 bits per heavy atom. The molecule has 0 unspecified atom stereocenters. The fourth-order valence-electron chi connectivity index (χ4n) is 4.73. The van der Waals surface area contributed by atoms with Crippen LogP contribution in [-0.4, -0.2) is 54.0 Å². The SMILES string of the molecule is O=C(N[C@@H](Cc1ccc(NC(=O)[C@@H]2CCC[C@H](NC3=NCCCN3)C2)cc1)C(=O)O)c1c(Cl)cccc1Cl. The molecular weight excluding hydrogens is 529 g/mol. The van der Waals surface area contributed by atoms with Crippen LogP contribution >= 0.6 is 23.2 Å². The standard InChI is InChI=1S/C27H31Cl2N5O4/c28-20-6-2-7-21(29)23(20)25(36)34-22(26(37)38)14-16-8-10-18(11-9-16)32-24(35)17-4-1-5-19(15-17)33-27-30-12-3-13-31-27/h2,6-11,17,19,22H,1,3-5,12-15H2,(H,32,35)(H,34,36)(H,37,38)(H2,30,31,33)/t17-,19+,22+/m1/s1. The molecule has 202 valence electrons. The molecule has 0 aromatic heterocycles. The molecule has 5 N–H and O–H groups in total. The van der Waals surface area contributed by atoms with Crippen LogP contribution in [0.3, 0.4) is 0 Å². The summed E-state index contributed by atoms with van der Waals surface area (Å²) in [5, 5.41) is 22.1. The molecule has 1 saturated carbocycles. The summed E-state index contributed by atoms with van der Waals surface area (Å²) in [5.41, 5.74) is 1.35. The van der Waals surface area contributed by atoms with Gasteiger partial charge in [-0.1, -0.05) is 47.8 Å². The predicted octanol–water partition coefficient (Wildman–Crippen LogP) is 3.86. The van der Waals surface area contributed by atoms with Gasteiger partial charge in [0, 0.05) is 37.2 Å². The number of carbonyl (C=O) groups excluding carboxylic acids is 2. The average molecular weight is 560 g/mol. The number of nitrogens with zero attached hydrogens (tertiary/aromatic N) is 1. The number of benzene rings is 2. The van der Waals surface area contributed by atoms with Crippen molar-refractivity contribution in [1.82, 2.24) is 16.0 Å². The molecule has 2 amide bonds. The number of carboxylic acids is 1. The molecule has 0 spiro atoms. The molecule has 38 heavy (non-hydrogen) atoms. The number of guanidine groups is 1. The Morgan fingerprint density at radius 3 is 2.45 bits per heavy atom. The van der Waals surface area contributed by atoms with Crippen molar-refractivity contribution in [3.05, 3.63) is 63.6 Å². The first-order valence-electron chi connectivity index (χ1n) is 12.7. The highest BCUT2D eigenvalue weighted by Crippen LogP contribution is 2.26. The van der Waals surface area contributed by atoms with Gasteiger partial charge < -0.3 is 26.4 Å².